The first kappa shape index (κ1) is 14.6. The molecular formula is C14H19BrFNO2. The molecule has 106 valence electrons. The van der Waals surface area contributed by atoms with E-state index >= 15 is 0 Å². The van der Waals surface area contributed by atoms with E-state index in [-0.39, 0.29) is 16.9 Å². The molecule has 0 aliphatic heterocycles. The maximum Gasteiger partial charge on any atom is 0.175 e. The van der Waals surface area contributed by atoms with E-state index in [2.05, 4.69) is 15.9 Å². The number of aromatic hydroxyl groups is 1. The van der Waals surface area contributed by atoms with Gasteiger partial charge in [0.25, 0.3) is 0 Å². The highest BCUT2D eigenvalue weighted by molar-refractivity contribution is 9.10. The van der Waals surface area contributed by atoms with Crippen LogP contribution in [0.4, 0.5) is 4.39 Å². The molecule has 0 radical (unpaired) electrons. The van der Waals surface area contributed by atoms with Gasteiger partial charge in [-0.1, -0.05) is 19.3 Å². The number of nitrogens with two attached hydrogens (primary N) is 1. The van der Waals surface area contributed by atoms with E-state index in [1.807, 2.05) is 0 Å². The highest BCUT2D eigenvalue weighted by atomic mass is 79.9. The molecule has 1 aromatic rings. The summed E-state index contributed by atoms with van der Waals surface area (Å²) in [5, 5.41) is 9.73. The number of phenolic OH excluding ortho intramolecular Hbond substituents is 1. The summed E-state index contributed by atoms with van der Waals surface area (Å²) in [5.74, 6) is -0.342. The first-order valence-electron chi connectivity index (χ1n) is 6.51. The van der Waals surface area contributed by atoms with Crippen LogP contribution in [0.5, 0.6) is 11.5 Å². The van der Waals surface area contributed by atoms with Crippen LogP contribution in [0.3, 0.4) is 0 Å². The fraction of sp³-hybridized carbons (Fsp3) is 0.571. The van der Waals surface area contributed by atoms with Crippen molar-refractivity contribution in [3.05, 3.63) is 21.9 Å². The zero-order valence-corrected chi connectivity index (χ0v) is 12.6. The molecule has 5 heteroatoms. The lowest BCUT2D eigenvalue weighted by molar-refractivity contribution is 0.286. The summed E-state index contributed by atoms with van der Waals surface area (Å²) in [6.45, 7) is 0.399. The van der Waals surface area contributed by atoms with E-state index in [0.29, 0.717) is 16.6 Å². The van der Waals surface area contributed by atoms with Crippen molar-refractivity contribution in [3.63, 3.8) is 0 Å². The van der Waals surface area contributed by atoms with Crippen molar-refractivity contribution < 1.29 is 14.2 Å². The van der Waals surface area contributed by atoms with Gasteiger partial charge in [-0.05, 0) is 28.8 Å². The number of rotatable bonds is 3. The summed E-state index contributed by atoms with van der Waals surface area (Å²) in [6.07, 6.45) is 4.99. The van der Waals surface area contributed by atoms with Crippen molar-refractivity contribution in [3.8, 4) is 11.5 Å². The third-order valence-electron chi connectivity index (χ3n) is 4.09. The van der Waals surface area contributed by atoms with Gasteiger partial charge in [0, 0.05) is 23.6 Å². The molecule has 0 amide bonds. The minimum absolute atomic E-state index is 0.196. The molecule has 19 heavy (non-hydrogen) atoms. The van der Waals surface area contributed by atoms with Crippen molar-refractivity contribution in [2.75, 3.05) is 13.7 Å². The molecule has 3 N–H and O–H groups in total. The van der Waals surface area contributed by atoms with Crippen LogP contribution in [0.25, 0.3) is 0 Å². The van der Waals surface area contributed by atoms with Crippen LogP contribution in [-0.4, -0.2) is 18.8 Å². The lowest BCUT2D eigenvalue weighted by atomic mass is 9.69. The molecule has 1 aliphatic carbocycles. The van der Waals surface area contributed by atoms with Gasteiger partial charge in [0.05, 0.1) is 11.6 Å². The average Bonchev–Trinajstić information content (AvgIpc) is 2.39. The van der Waals surface area contributed by atoms with Crippen LogP contribution < -0.4 is 10.5 Å². The Labute approximate surface area is 121 Å². The van der Waals surface area contributed by atoms with Crippen LogP contribution in [-0.2, 0) is 5.41 Å². The molecule has 2 rings (SSSR count). The second-order valence-electron chi connectivity index (χ2n) is 5.14. The molecule has 0 bridgehead atoms. The number of benzene rings is 1. The van der Waals surface area contributed by atoms with E-state index in [1.165, 1.54) is 7.11 Å². The van der Waals surface area contributed by atoms with E-state index in [1.54, 1.807) is 0 Å². The molecule has 3 nitrogen and oxygen atoms in total. The Kier molecular flexibility index (Phi) is 4.36. The summed E-state index contributed by atoms with van der Waals surface area (Å²) in [7, 11) is 1.46. The first-order chi connectivity index (χ1) is 9.05. The monoisotopic (exact) mass is 331 g/mol. The second kappa shape index (κ2) is 5.67. The molecular weight excluding hydrogens is 313 g/mol. The topological polar surface area (TPSA) is 55.5 Å². The molecule has 1 saturated carbocycles. The Morgan fingerprint density at radius 1 is 1.42 bits per heavy atom. The maximum atomic E-state index is 14.3. The summed E-state index contributed by atoms with van der Waals surface area (Å²) in [5.41, 5.74) is 6.13. The number of phenols is 1. The van der Waals surface area contributed by atoms with Gasteiger partial charge in [-0.15, -0.1) is 0 Å². The Balaban J connectivity index is 2.59. The second-order valence-corrected chi connectivity index (χ2v) is 5.94. The molecule has 0 spiro atoms. The predicted octanol–water partition coefficient (Wildman–Crippen LogP) is 3.46. The normalized spacial score (nSPS) is 18.3. The van der Waals surface area contributed by atoms with Crippen LogP contribution in [0.15, 0.2) is 10.5 Å². The first-order valence-corrected chi connectivity index (χ1v) is 7.30. The highest BCUT2D eigenvalue weighted by Gasteiger charge is 2.38. The lowest BCUT2D eigenvalue weighted by Crippen LogP contribution is -2.38. The van der Waals surface area contributed by atoms with Crippen LogP contribution in [0.2, 0.25) is 0 Å². The minimum Gasteiger partial charge on any atom is -0.504 e. The Morgan fingerprint density at radius 3 is 2.58 bits per heavy atom. The minimum atomic E-state index is -0.419. The summed E-state index contributed by atoms with van der Waals surface area (Å²) >= 11 is 3.37. The van der Waals surface area contributed by atoms with E-state index < -0.39 is 5.82 Å². The molecule has 1 aromatic carbocycles. The SMILES string of the molecule is COc1c(O)cc(F)c(C2(CN)CCCCC2)c1Br. The van der Waals surface area contributed by atoms with Gasteiger partial charge in [0.2, 0.25) is 0 Å². The molecule has 0 aromatic heterocycles. The van der Waals surface area contributed by atoms with Gasteiger partial charge < -0.3 is 15.6 Å². The Bertz CT molecular complexity index is 473. The number of hydrogen-bond acceptors (Lipinski definition) is 3. The number of ether oxygens (including phenoxy) is 1. The van der Waals surface area contributed by atoms with Gasteiger partial charge >= 0.3 is 0 Å². The maximum absolute atomic E-state index is 14.3. The molecule has 0 unspecified atom stereocenters. The molecule has 0 atom stereocenters. The van der Waals surface area contributed by atoms with E-state index in [4.69, 9.17) is 10.5 Å². The third kappa shape index (κ3) is 2.46. The summed E-state index contributed by atoms with van der Waals surface area (Å²) in [6, 6.07) is 1.12. The fourth-order valence-electron chi connectivity index (χ4n) is 3.05. The highest BCUT2D eigenvalue weighted by Crippen LogP contribution is 2.48. The summed E-state index contributed by atoms with van der Waals surface area (Å²) in [4.78, 5) is 0. The van der Waals surface area contributed by atoms with Gasteiger partial charge in [0.15, 0.2) is 11.5 Å². The number of hydrogen-bond donors (Lipinski definition) is 2. The van der Waals surface area contributed by atoms with Gasteiger partial charge in [-0.25, -0.2) is 4.39 Å². The largest absolute Gasteiger partial charge is 0.504 e. The molecule has 0 heterocycles. The predicted molar refractivity (Wildman–Crippen MR) is 76.1 cm³/mol. The summed E-state index contributed by atoms with van der Waals surface area (Å²) < 4.78 is 20.0. The zero-order chi connectivity index (χ0) is 14.0. The Morgan fingerprint density at radius 2 is 2.05 bits per heavy atom. The van der Waals surface area contributed by atoms with Crippen molar-refractivity contribution >= 4 is 15.9 Å². The smallest absolute Gasteiger partial charge is 0.175 e. The van der Waals surface area contributed by atoms with Crippen molar-refractivity contribution in [1.82, 2.24) is 0 Å². The molecule has 1 aliphatic rings. The molecule has 0 saturated heterocycles. The molecule has 1 fully saturated rings. The third-order valence-corrected chi connectivity index (χ3v) is 4.85. The number of methoxy groups -OCH3 is 1. The van der Waals surface area contributed by atoms with Crippen LogP contribution in [0.1, 0.15) is 37.7 Å². The van der Waals surface area contributed by atoms with Crippen LogP contribution in [0, 0.1) is 5.82 Å². The van der Waals surface area contributed by atoms with Crippen LogP contribution >= 0.6 is 15.9 Å². The van der Waals surface area contributed by atoms with Crippen molar-refractivity contribution in [1.29, 1.82) is 0 Å². The van der Waals surface area contributed by atoms with Gasteiger partial charge in [-0.3, -0.25) is 0 Å². The number of halogens is 2. The van der Waals surface area contributed by atoms with Gasteiger partial charge in [0.1, 0.15) is 5.82 Å². The van der Waals surface area contributed by atoms with Gasteiger partial charge in [-0.2, -0.15) is 0 Å². The van der Waals surface area contributed by atoms with E-state index in [0.717, 1.165) is 38.2 Å². The quantitative estimate of drug-likeness (QED) is 0.891. The van der Waals surface area contributed by atoms with Crippen molar-refractivity contribution in [2.45, 2.75) is 37.5 Å². The average molecular weight is 332 g/mol. The lowest BCUT2D eigenvalue weighted by Gasteiger charge is -2.38. The van der Waals surface area contributed by atoms with Crippen molar-refractivity contribution in [2.24, 2.45) is 5.73 Å². The van der Waals surface area contributed by atoms with E-state index in [9.17, 15) is 9.50 Å². The Hall–Kier alpha value is -0.810. The zero-order valence-electron chi connectivity index (χ0n) is 11.0. The standard InChI is InChI=1S/C14H19BrFNO2/c1-19-13-10(18)7-9(16)11(12(13)15)14(8-17)5-3-2-4-6-14/h7,18H,2-6,8,17H2,1H3. The fourth-order valence-corrected chi connectivity index (χ4v) is 4.03.